The predicted octanol–water partition coefficient (Wildman–Crippen LogP) is 0.179. The standard InChI is InChI=1S/C14H23N5O/c1-15-14(18-8-11-19-9-2-3-10-19)17-7-6-16-13(20)12-4-5-12/h2-3,9-10,12H,4-8,11H2,1H3,(H,16,20)(H2,15,17,18). The number of nitrogens with one attached hydrogen (secondary N) is 3. The molecule has 1 aromatic heterocycles. The van der Waals surface area contributed by atoms with Crippen molar-refractivity contribution in [3.05, 3.63) is 24.5 Å². The summed E-state index contributed by atoms with van der Waals surface area (Å²) in [6.07, 6.45) is 6.15. The average molecular weight is 277 g/mol. The van der Waals surface area contributed by atoms with Gasteiger partial charge in [0.25, 0.3) is 0 Å². The fourth-order valence-corrected chi connectivity index (χ4v) is 1.90. The van der Waals surface area contributed by atoms with Crippen LogP contribution in [0.25, 0.3) is 0 Å². The third-order valence-electron chi connectivity index (χ3n) is 3.22. The number of hydrogen-bond acceptors (Lipinski definition) is 2. The summed E-state index contributed by atoms with van der Waals surface area (Å²) < 4.78 is 2.11. The van der Waals surface area contributed by atoms with E-state index in [4.69, 9.17) is 0 Å². The van der Waals surface area contributed by atoms with Gasteiger partial charge in [-0.15, -0.1) is 0 Å². The van der Waals surface area contributed by atoms with E-state index in [1.165, 1.54) is 0 Å². The minimum atomic E-state index is 0.183. The number of amides is 1. The Morgan fingerprint density at radius 3 is 2.45 bits per heavy atom. The Labute approximate surface area is 119 Å². The van der Waals surface area contributed by atoms with Gasteiger partial charge in [-0.25, -0.2) is 0 Å². The summed E-state index contributed by atoms with van der Waals surface area (Å²) in [6, 6.07) is 4.02. The first kappa shape index (κ1) is 14.4. The summed E-state index contributed by atoms with van der Waals surface area (Å²) in [4.78, 5) is 15.6. The molecular weight excluding hydrogens is 254 g/mol. The fraction of sp³-hybridized carbons (Fsp3) is 0.571. The lowest BCUT2D eigenvalue weighted by atomic mass is 10.4. The van der Waals surface area contributed by atoms with Gasteiger partial charge in [0.1, 0.15) is 0 Å². The van der Waals surface area contributed by atoms with E-state index in [9.17, 15) is 4.79 Å². The van der Waals surface area contributed by atoms with E-state index >= 15 is 0 Å². The van der Waals surface area contributed by atoms with Gasteiger partial charge < -0.3 is 20.5 Å². The maximum absolute atomic E-state index is 11.4. The molecule has 2 rings (SSSR count). The van der Waals surface area contributed by atoms with Crippen LogP contribution in [0.15, 0.2) is 29.5 Å². The molecule has 1 aliphatic rings. The van der Waals surface area contributed by atoms with E-state index in [0.29, 0.717) is 13.1 Å². The summed E-state index contributed by atoms with van der Waals surface area (Å²) in [7, 11) is 1.74. The van der Waals surface area contributed by atoms with Gasteiger partial charge in [0.15, 0.2) is 5.96 Å². The van der Waals surface area contributed by atoms with E-state index in [-0.39, 0.29) is 11.8 Å². The topological polar surface area (TPSA) is 70.4 Å². The van der Waals surface area contributed by atoms with Crippen LogP contribution in [0, 0.1) is 5.92 Å². The normalized spacial score (nSPS) is 14.9. The summed E-state index contributed by atoms with van der Waals surface area (Å²) in [5.74, 6) is 1.22. The molecule has 0 atom stereocenters. The van der Waals surface area contributed by atoms with Gasteiger partial charge in [0, 0.05) is 51.5 Å². The summed E-state index contributed by atoms with van der Waals surface area (Å²) in [5.41, 5.74) is 0. The van der Waals surface area contributed by atoms with Crippen LogP contribution in [-0.2, 0) is 11.3 Å². The first-order valence-corrected chi connectivity index (χ1v) is 7.12. The van der Waals surface area contributed by atoms with Gasteiger partial charge in [-0.2, -0.15) is 0 Å². The molecule has 0 saturated heterocycles. The van der Waals surface area contributed by atoms with E-state index in [2.05, 4.69) is 25.5 Å². The lowest BCUT2D eigenvalue weighted by molar-refractivity contribution is -0.122. The zero-order chi connectivity index (χ0) is 14.2. The number of hydrogen-bond donors (Lipinski definition) is 3. The Balaban J connectivity index is 1.54. The molecule has 0 bridgehead atoms. The van der Waals surface area contributed by atoms with Crippen molar-refractivity contribution in [2.45, 2.75) is 19.4 Å². The van der Waals surface area contributed by atoms with Crippen molar-refractivity contribution < 1.29 is 4.79 Å². The van der Waals surface area contributed by atoms with Gasteiger partial charge in [0.05, 0.1) is 0 Å². The van der Waals surface area contributed by atoms with Crippen LogP contribution in [0.5, 0.6) is 0 Å². The molecule has 1 aromatic rings. The molecule has 6 heteroatoms. The Morgan fingerprint density at radius 2 is 1.80 bits per heavy atom. The highest BCUT2D eigenvalue weighted by molar-refractivity contribution is 5.81. The number of guanidine groups is 1. The fourth-order valence-electron chi connectivity index (χ4n) is 1.90. The highest BCUT2D eigenvalue weighted by Crippen LogP contribution is 2.28. The van der Waals surface area contributed by atoms with Crippen LogP contribution in [0.2, 0.25) is 0 Å². The third kappa shape index (κ3) is 4.95. The van der Waals surface area contributed by atoms with Crippen molar-refractivity contribution in [3.63, 3.8) is 0 Å². The van der Waals surface area contributed by atoms with Crippen LogP contribution >= 0.6 is 0 Å². The lowest BCUT2D eigenvalue weighted by Gasteiger charge is -2.12. The zero-order valence-corrected chi connectivity index (χ0v) is 11.9. The number of carbonyl (C=O) groups is 1. The summed E-state index contributed by atoms with van der Waals surface area (Å²) in [6.45, 7) is 3.02. The van der Waals surface area contributed by atoms with Crippen molar-refractivity contribution in [3.8, 4) is 0 Å². The molecule has 20 heavy (non-hydrogen) atoms. The molecule has 1 saturated carbocycles. The van der Waals surface area contributed by atoms with Crippen molar-refractivity contribution in [1.82, 2.24) is 20.5 Å². The molecular formula is C14H23N5O. The molecule has 0 spiro atoms. The largest absolute Gasteiger partial charge is 0.355 e. The average Bonchev–Trinajstić information content (AvgIpc) is 3.19. The van der Waals surface area contributed by atoms with Crippen molar-refractivity contribution in [1.29, 1.82) is 0 Å². The van der Waals surface area contributed by atoms with Gasteiger partial charge >= 0.3 is 0 Å². The molecule has 0 unspecified atom stereocenters. The second kappa shape index (κ2) is 7.57. The van der Waals surface area contributed by atoms with Gasteiger partial charge in [0.2, 0.25) is 5.91 Å². The monoisotopic (exact) mass is 277 g/mol. The van der Waals surface area contributed by atoms with E-state index in [1.807, 2.05) is 24.5 Å². The molecule has 1 aliphatic carbocycles. The molecule has 3 N–H and O–H groups in total. The molecule has 0 radical (unpaired) electrons. The first-order valence-electron chi connectivity index (χ1n) is 7.12. The van der Waals surface area contributed by atoms with Crippen molar-refractivity contribution in [2.24, 2.45) is 10.9 Å². The van der Waals surface area contributed by atoms with Crippen LogP contribution in [0.4, 0.5) is 0 Å². The minimum absolute atomic E-state index is 0.183. The molecule has 0 aromatic carbocycles. The summed E-state index contributed by atoms with van der Waals surface area (Å²) in [5, 5.41) is 9.33. The first-order chi connectivity index (χ1) is 9.79. The Bertz CT molecular complexity index is 436. The Kier molecular flexibility index (Phi) is 5.46. The second-order valence-corrected chi connectivity index (χ2v) is 4.91. The maximum Gasteiger partial charge on any atom is 0.223 e. The molecule has 6 nitrogen and oxygen atoms in total. The number of rotatable bonds is 7. The quantitative estimate of drug-likeness (QED) is 0.378. The van der Waals surface area contributed by atoms with E-state index in [0.717, 1.165) is 31.9 Å². The predicted molar refractivity (Wildman–Crippen MR) is 79.5 cm³/mol. The molecule has 1 amide bonds. The van der Waals surface area contributed by atoms with Crippen LogP contribution in [0.3, 0.4) is 0 Å². The van der Waals surface area contributed by atoms with Gasteiger partial charge in [-0.3, -0.25) is 9.79 Å². The molecule has 0 aliphatic heterocycles. The summed E-state index contributed by atoms with van der Waals surface area (Å²) >= 11 is 0. The maximum atomic E-state index is 11.4. The Hall–Kier alpha value is -1.98. The van der Waals surface area contributed by atoms with Crippen LogP contribution in [-0.4, -0.2) is 43.1 Å². The number of carbonyl (C=O) groups excluding carboxylic acids is 1. The van der Waals surface area contributed by atoms with E-state index < -0.39 is 0 Å². The third-order valence-corrected chi connectivity index (χ3v) is 3.22. The van der Waals surface area contributed by atoms with Gasteiger partial charge in [-0.05, 0) is 25.0 Å². The minimum Gasteiger partial charge on any atom is -0.355 e. The highest BCUT2D eigenvalue weighted by atomic mass is 16.2. The SMILES string of the molecule is CN=C(NCCNC(=O)C1CC1)NCCn1cccc1. The van der Waals surface area contributed by atoms with Crippen molar-refractivity contribution >= 4 is 11.9 Å². The zero-order valence-electron chi connectivity index (χ0n) is 11.9. The van der Waals surface area contributed by atoms with Crippen LogP contribution in [0.1, 0.15) is 12.8 Å². The smallest absolute Gasteiger partial charge is 0.223 e. The highest BCUT2D eigenvalue weighted by Gasteiger charge is 2.28. The molecule has 1 fully saturated rings. The number of aromatic nitrogens is 1. The molecule has 110 valence electrons. The lowest BCUT2D eigenvalue weighted by Crippen LogP contribution is -2.42. The van der Waals surface area contributed by atoms with Crippen molar-refractivity contribution in [2.75, 3.05) is 26.7 Å². The Morgan fingerprint density at radius 1 is 1.15 bits per heavy atom. The number of aliphatic imine (C=N–C) groups is 1. The van der Waals surface area contributed by atoms with Gasteiger partial charge in [-0.1, -0.05) is 0 Å². The van der Waals surface area contributed by atoms with E-state index in [1.54, 1.807) is 7.05 Å². The number of nitrogens with zero attached hydrogens (tertiary/aromatic N) is 2. The second-order valence-electron chi connectivity index (χ2n) is 4.91. The molecule has 1 heterocycles. The van der Waals surface area contributed by atoms with Crippen LogP contribution < -0.4 is 16.0 Å².